The molecule has 3 aromatic carbocycles. The van der Waals surface area contributed by atoms with E-state index < -0.39 is 29.6 Å². The normalized spacial score (nSPS) is 20.3. The van der Waals surface area contributed by atoms with E-state index in [-0.39, 0.29) is 25.0 Å². The SMILES string of the molecule is CC1CCCC(NC(=O)C(CN(C)Cc2ccccc2)NC(=O)OCC2c3ccccc3-c3ccccc32)(C(=O)O)C1. The predicted octanol–water partition coefficient (Wildman–Crippen LogP) is 5.18. The Hall–Kier alpha value is -4.17. The van der Waals surface area contributed by atoms with Crippen molar-refractivity contribution in [1.29, 1.82) is 0 Å². The number of carbonyl (C=O) groups excluding carboxylic acids is 2. The maximum atomic E-state index is 13.7. The third-order valence-electron chi connectivity index (χ3n) is 8.51. The lowest BCUT2D eigenvalue weighted by Gasteiger charge is -2.38. The minimum absolute atomic E-state index is 0.116. The van der Waals surface area contributed by atoms with Crippen molar-refractivity contribution < 1.29 is 24.2 Å². The molecule has 3 atom stereocenters. The number of hydrogen-bond acceptors (Lipinski definition) is 5. The number of alkyl carbamates (subject to hydrolysis) is 1. The molecule has 0 spiro atoms. The minimum atomic E-state index is -1.35. The third-order valence-corrected chi connectivity index (χ3v) is 8.51. The number of hydrogen-bond donors (Lipinski definition) is 3. The molecule has 8 nitrogen and oxygen atoms in total. The van der Waals surface area contributed by atoms with Crippen LogP contribution < -0.4 is 10.6 Å². The van der Waals surface area contributed by atoms with Crippen molar-refractivity contribution in [3.8, 4) is 11.1 Å². The number of ether oxygens (including phenoxy) is 1. The number of aliphatic carboxylic acids is 1. The van der Waals surface area contributed by atoms with Crippen molar-refractivity contribution in [1.82, 2.24) is 15.5 Å². The summed E-state index contributed by atoms with van der Waals surface area (Å²) in [4.78, 5) is 41.2. The van der Waals surface area contributed by atoms with E-state index in [1.54, 1.807) is 0 Å². The third kappa shape index (κ3) is 6.49. The van der Waals surface area contributed by atoms with E-state index in [0.717, 1.165) is 34.2 Å². The summed E-state index contributed by atoms with van der Waals surface area (Å²) in [5.41, 5.74) is 4.15. The molecule has 42 heavy (non-hydrogen) atoms. The van der Waals surface area contributed by atoms with Crippen LogP contribution in [-0.4, -0.2) is 59.8 Å². The molecule has 220 valence electrons. The summed E-state index contributed by atoms with van der Waals surface area (Å²) in [6.45, 7) is 2.85. The number of carbonyl (C=O) groups is 3. The number of nitrogens with zero attached hydrogens (tertiary/aromatic N) is 1. The molecule has 0 radical (unpaired) electrons. The van der Waals surface area contributed by atoms with Gasteiger partial charge >= 0.3 is 12.1 Å². The minimum Gasteiger partial charge on any atom is -0.480 e. The monoisotopic (exact) mass is 569 g/mol. The maximum Gasteiger partial charge on any atom is 0.407 e. The van der Waals surface area contributed by atoms with Gasteiger partial charge in [-0.2, -0.15) is 0 Å². The van der Waals surface area contributed by atoms with Gasteiger partial charge < -0.3 is 20.5 Å². The van der Waals surface area contributed by atoms with Gasteiger partial charge in [0.25, 0.3) is 0 Å². The van der Waals surface area contributed by atoms with Crippen LogP contribution in [-0.2, 0) is 20.9 Å². The molecule has 0 heterocycles. The Balaban J connectivity index is 1.30. The van der Waals surface area contributed by atoms with Gasteiger partial charge in [-0.1, -0.05) is 98.6 Å². The van der Waals surface area contributed by atoms with Crippen molar-refractivity contribution in [2.45, 2.75) is 56.7 Å². The van der Waals surface area contributed by atoms with Gasteiger partial charge in [0.1, 0.15) is 18.2 Å². The highest BCUT2D eigenvalue weighted by atomic mass is 16.5. The number of rotatable bonds is 10. The topological polar surface area (TPSA) is 108 Å². The lowest BCUT2D eigenvalue weighted by Crippen LogP contribution is -2.62. The molecule has 2 aliphatic rings. The summed E-state index contributed by atoms with van der Waals surface area (Å²) in [6.07, 6.45) is 1.63. The van der Waals surface area contributed by atoms with Gasteiger partial charge in [-0.25, -0.2) is 9.59 Å². The number of carboxylic acid groups (broad SMARTS) is 1. The highest BCUT2D eigenvalue weighted by molar-refractivity contribution is 5.91. The number of benzene rings is 3. The molecule has 3 aromatic rings. The average Bonchev–Trinajstić information content (AvgIpc) is 3.29. The van der Waals surface area contributed by atoms with Crippen molar-refractivity contribution >= 4 is 18.0 Å². The molecule has 0 aliphatic heterocycles. The average molecular weight is 570 g/mol. The standard InChI is InChI=1S/C34H39N3O5/c1-23-11-10-18-34(19-23,32(39)40)36-31(38)30(21-37(2)20-24-12-4-3-5-13-24)35-33(41)42-22-29-27-16-8-6-14-25(27)26-15-7-9-17-28(26)29/h3-9,12-17,23,29-30H,10-11,18-22H2,1-2H3,(H,35,41)(H,36,38)(H,39,40). The first-order chi connectivity index (χ1) is 20.3. The molecular formula is C34H39N3O5. The highest BCUT2D eigenvalue weighted by Crippen LogP contribution is 2.44. The van der Waals surface area contributed by atoms with Gasteiger partial charge in [0.05, 0.1) is 0 Å². The van der Waals surface area contributed by atoms with Crippen LogP contribution in [0.25, 0.3) is 11.1 Å². The van der Waals surface area contributed by atoms with Gasteiger partial charge in [-0.05, 0) is 53.6 Å². The Labute approximate surface area is 247 Å². The summed E-state index contributed by atoms with van der Waals surface area (Å²) in [7, 11) is 1.86. The van der Waals surface area contributed by atoms with E-state index in [9.17, 15) is 19.5 Å². The molecule has 3 unspecified atom stereocenters. The highest BCUT2D eigenvalue weighted by Gasteiger charge is 2.44. The van der Waals surface area contributed by atoms with Crippen LogP contribution in [0.3, 0.4) is 0 Å². The van der Waals surface area contributed by atoms with Crippen molar-refractivity contribution in [3.05, 3.63) is 95.6 Å². The zero-order valence-corrected chi connectivity index (χ0v) is 24.2. The number of fused-ring (bicyclic) bond motifs is 3. The molecule has 0 bridgehead atoms. The molecular weight excluding hydrogens is 530 g/mol. The van der Waals surface area contributed by atoms with Gasteiger partial charge in [0.15, 0.2) is 0 Å². The summed E-state index contributed by atoms with van der Waals surface area (Å²) in [5.74, 6) is -1.51. The summed E-state index contributed by atoms with van der Waals surface area (Å²) >= 11 is 0. The number of likely N-dealkylation sites (N-methyl/N-ethyl adjacent to an activating group) is 1. The van der Waals surface area contributed by atoms with Crippen molar-refractivity contribution in [2.75, 3.05) is 20.2 Å². The van der Waals surface area contributed by atoms with E-state index in [2.05, 4.69) is 22.8 Å². The van der Waals surface area contributed by atoms with Crippen LogP contribution >= 0.6 is 0 Å². The Morgan fingerprint density at radius 3 is 2.21 bits per heavy atom. The Morgan fingerprint density at radius 2 is 1.60 bits per heavy atom. The second-order valence-corrected chi connectivity index (χ2v) is 11.8. The van der Waals surface area contributed by atoms with E-state index in [1.165, 1.54) is 0 Å². The molecule has 2 aliphatic carbocycles. The van der Waals surface area contributed by atoms with Crippen molar-refractivity contribution in [3.63, 3.8) is 0 Å². The molecule has 5 rings (SSSR count). The Bertz CT molecular complexity index is 1380. The molecule has 2 amide bonds. The zero-order valence-electron chi connectivity index (χ0n) is 24.2. The summed E-state index contributed by atoms with van der Waals surface area (Å²) in [6, 6.07) is 25.0. The smallest absolute Gasteiger partial charge is 0.407 e. The fourth-order valence-corrected chi connectivity index (χ4v) is 6.48. The molecule has 3 N–H and O–H groups in total. The zero-order chi connectivity index (χ0) is 29.7. The van der Waals surface area contributed by atoms with Crippen LogP contribution in [0.5, 0.6) is 0 Å². The lowest BCUT2D eigenvalue weighted by atomic mass is 9.76. The number of amides is 2. The van der Waals surface area contributed by atoms with Crippen LogP contribution in [0.4, 0.5) is 4.79 Å². The summed E-state index contributed by atoms with van der Waals surface area (Å²) in [5, 5.41) is 15.7. The lowest BCUT2D eigenvalue weighted by molar-refractivity contribution is -0.150. The van der Waals surface area contributed by atoms with Crippen molar-refractivity contribution in [2.24, 2.45) is 5.92 Å². The Morgan fingerprint density at radius 1 is 0.976 bits per heavy atom. The first-order valence-electron chi connectivity index (χ1n) is 14.6. The van der Waals surface area contributed by atoms with Gasteiger partial charge in [-0.3, -0.25) is 9.69 Å². The van der Waals surface area contributed by atoms with Crippen LogP contribution in [0.15, 0.2) is 78.9 Å². The molecule has 8 heteroatoms. The van der Waals surface area contributed by atoms with E-state index in [0.29, 0.717) is 25.8 Å². The van der Waals surface area contributed by atoms with E-state index >= 15 is 0 Å². The maximum absolute atomic E-state index is 13.7. The van der Waals surface area contributed by atoms with Crippen LogP contribution in [0, 0.1) is 5.92 Å². The quantitative estimate of drug-likeness (QED) is 0.311. The first-order valence-corrected chi connectivity index (χ1v) is 14.6. The molecule has 1 fully saturated rings. The van der Waals surface area contributed by atoms with E-state index in [4.69, 9.17) is 4.74 Å². The summed E-state index contributed by atoms with van der Waals surface area (Å²) < 4.78 is 5.73. The molecule has 1 saturated carbocycles. The first kappa shape index (κ1) is 29.3. The molecule has 0 aromatic heterocycles. The molecule has 0 saturated heterocycles. The fourth-order valence-electron chi connectivity index (χ4n) is 6.48. The van der Waals surface area contributed by atoms with Crippen LogP contribution in [0.1, 0.15) is 55.2 Å². The fraction of sp³-hybridized carbons (Fsp3) is 0.382. The number of nitrogens with one attached hydrogen (secondary N) is 2. The second-order valence-electron chi connectivity index (χ2n) is 11.8. The van der Waals surface area contributed by atoms with Gasteiger partial charge in [0, 0.05) is 19.0 Å². The van der Waals surface area contributed by atoms with Gasteiger partial charge in [0.2, 0.25) is 5.91 Å². The predicted molar refractivity (Wildman–Crippen MR) is 161 cm³/mol. The van der Waals surface area contributed by atoms with E-state index in [1.807, 2.05) is 85.6 Å². The second kappa shape index (κ2) is 12.8. The largest absolute Gasteiger partial charge is 0.480 e. The number of carboxylic acids is 1. The van der Waals surface area contributed by atoms with Crippen LogP contribution in [0.2, 0.25) is 0 Å². The Kier molecular flexibility index (Phi) is 8.92. The van der Waals surface area contributed by atoms with Gasteiger partial charge in [-0.15, -0.1) is 0 Å².